The molecule has 3 atom stereocenters. The van der Waals surface area contributed by atoms with E-state index >= 15 is 0 Å². The molecule has 0 aromatic rings. The van der Waals surface area contributed by atoms with E-state index in [1.54, 1.807) is 0 Å². The molecular formula is C12H23NO2. The van der Waals surface area contributed by atoms with Crippen molar-refractivity contribution in [3.63, 3.8) is 0 Å². The van der Waals surface area contributed by atoms with Gasteiger partial charge in [-0.3, -0.25) is 0 Å². The number of rotatable bonds is 4. The second kappa shape index (κ2) is 5.83. The fourth-order valence-corrected chi connectivity index (χ4v) is 2.62. The maximum absolute atomic E-state index is 5.48. The van der Waals surface area contributed by atoms with Gasteiger partial charge in [-0.15, -0.1) is 0 Å². The van der Waals surface area contributed by atoms with Gasteiger partial charge in [-0.1, -0.05) is 13.3 Å². The zero-order chi connectivity index (χ0) is 10.5. The van der Waals surface area contributed by atoms with E-state index in [1.807, 2.05) is 0 Å². The maximum atomic E-state index is 5.48. The Labute approximate surface area is 92.5 Å². The van der Waals surface area contributed by atoms with E-state index in [9.17, 15) is 0 Å². The SMILES string of the molecule is CC1CCC(CNCC2CCOCO2)C1. The van der Waals surface area contributed by atoms with Gasteiger partial charge in [-0.25, -0.2) is 0 Å². The van der Waals surface area contributed by atoms with E-state index in [1.165, 1.54) is 25.8 Å². The Hall–Kier alpha value is -0.120. The molecule has 0 bridgehead atoms. The van der Waals surface area contributed by atoms with Crippen molar-refractivity contribution in [2.45, 2.75) is 38.7 Å². The van der Waals surface area contributed by atoms with E-state index in [2.05, 4.69) is 12.2 Å². The highest BCUT2D eigenvalue weighted by Gasteiger charge is 2.21. The zero-order valence-corrected chi connectivity index (χ0v) is 9.71. The lowest BCUT2D eigenvalue weighted by atomic mass is 10.1. The van der Waals surface area contributed by atoms with Crippen molar-refractivity contribution < 1.29 is 9.47 Å². The molecule has 3 unspecified atom stereocenters. The fraction of sp³-hybridized carbons (Fsp3) is 1.00. The van der Waals surface area contributed by atoms with Gasteiger partial charge in [0, 0.05) is 6.54 Å². The van der Waals surface area contributed by atoms with Gasteiger partial charge in [0.15, 0.2) is 0 Å². The lowest BCUT2D eigenvalue weighted by Crippen LogP contribution is -2.35. The molecule has 0 aromatic heterocycles. The third kappa shape index (κ3) is 3.74. The molecule has 3 nitrogen and oxygen atoms in total. The topological polar surface area (TPSA) is 30.5 Å². The lowest BCUT2D eigenvalue weighted by Gasteiger charge is -2.23. The predicted molar refractivity (Wildman–Crippen MR) is 59.7 cm³/mol. The Kier molecular flexibility index (Phi) is 4.42. The molecule has 0 aromatic carbocycles. The molecule has 1 aliphatic heterocycles. The van der Waals surface area contributed by atoms with Crippen molar-refractivity contribution in [2.75, 3.05) is 26.5 Å². The van der Waals surface area contributed by atoms with Crippen molar-refractivity contribution in [1.82, 2.24) is 5.32 Å². The van der Waals surface area contributed by atoms with Crippen LogP contribution in [-0.4, -0.2) is 32.6 Å². The third-order valence-electron chi connectivity index (χ3n) is 3.58. The van der Waals surface area contributed by atoms with Crippen LogP contribution in [0.25, 0.3) is 0 Å². The molecule has 0 spiro atoms. The molecule has 15 heavy (non-hydrogen) atoms. The average Bonchev–Trinajstić information content (AvgIpc) is 2.66. The highest BCUT2D eigenvalue weighted by atomic mass is 16.7. The van der Waals surface area contributed by atoms with E-state index in [0.717, 1.165) is 31.4 Å². The predicted octanol–water partition coefficient (Wildman–Crippen LogP) is 1.78. The molecule has 88 valence electrons. The second-order valence-electron chi connectivity index (χ2n) is 5.05. The first kappa shape index (κ1) is 11.4. The number of hydrogen-bond acceptors (Lipinski definition) is 3. The summed E-state index contributed by atoms with van der Waals surface area (Å²) in [4.78, 5) is 0. The van der Waals surface area contributed by atoms with Crippen molar-refractivity contribution in [2.24, 2.45) is 11.8 Å². The normalized spacial score (nSPS) is 37.0. The standard InChI is InChI=1S/C12H23NO2/c1-10-2-3-11(6-10)7-13-8-12-4-5-14-9-15-12/h10-13H,2-9H2,1H3. The minimum atomic E-state index is 0.373. The molecule has 2 fully saturated rings. The van der Waals surface area contributed by atoms with Crippen LogP contribution in [0.3, 0.4) is 0 Å². The van der Waals surface area contributed by atoms with Crippen molar-refractivity contribution in [3.8, 4) is 0 Å². The van der Waals surface area contributed by atoms with Crippen LogP contribution in [0.15, 0.2) is 0 Å². The summed E-state index contributed by atoms with van der Waals surface area (Å²) in [5, 5.41) is 3.54. The van der Waals surface area contributed by atoms with Crippen LogP contribution in [0, 0.1) is 11.8 Å². The number of hydrogen-bond donors (Lipinski definition) is 1. The Bertz CT molecular complexity index is 176. The molecule has 2 aliphatic rings. The first-order valence-electron chi connectivity index (χ1n) is 6.24. The third-order valence-corrected chi connectivity index (χ3v) is 3.58. The summed E-state index contributed by atoms with van der Waals surface area (Å²) in [5.74, 6) is 1.84. The van der Waals surface area contributed by atoms with Crippen LogP contribution in [0.4, 0.5) is 0 Å². The van der Waals surface area contributed by atoms with Crippen LogP contribution in [0.5, 0.6) is 0 Å². The van der Waals surface area contributed by atoms with Crippen molar-refractivity contribution in [1.29, 1.82) is 0 Å². The van der Waals surface area contributed by atoms with E-state index < -0.39 is 0 Å². The largest absolute Gasteiger partial charge is 0.355 e. The smallest absolute Gasteiger partial charge is 0.147 e. The monoisotopic (exact) mass is 213 g/mol. The van der Waals surface area contributed by atoms with Crippen LogP contribution in [-0.2, 0) is 9.47 Å². The molecular weight excluding hydrogens is 190 g/mol. The van der Waals surface area contributed by atoms with Gasteiger partial charge in [0.25, 0.3) is 0 Å². The Balaban J connectivity index is 1.54. The van der Waals surface area contributed by atoms with Crippen LogP contribution >= 0.6 is 0 Å². The molecule has 1 saturated carbocycles. The summed E-state index contributed by atoms with van der Waals surface area (Å²) in [6, 6.07) is 0. The summed E-state index contributed by atoms with van der Waals surface area (Å²) in [5.41, 5.74) is 0. The maximum Gasteiger partial charge on any atom is 0.147 e. The minimum Gasteiger partial charge on any atom is -0.355 e. The van der Waals surface area contributed by atoms with Gasteiger partial charge >= 0.3 is 0 Å². The highest BCUT2D eigenvalue weighted by Crippen LogP contribution is 2.29. The summed E-state index contributed by atoms with van der Waals surface area (Å²) in [7, 11) is 0. The quantitative estimate of drug-likeness (QED) is 0.772. The fourth-order valence-electron chi connectivity index (χ4n) is 2.62. The van der Waals surface area contributed by atoms with Gasteiger partial charge in [0.2, 0.25) is 0 Å². The second-order valence-corrected chi connectivity index (χ2v) is 5.05. The molecule has 1 saturated heterocycles. The first-order valence-corrected chi connectivity index (χ1v) is 6.24. The lowest BCUT2D eigenvalue weighted by molar-refractivity contribution is -0.137. The van der Waals surface area contributed by atoms with Crippen LogP contribution in [0.2, 0.25) is 0 Å². The van der Waals surface area contributed by atoms with Gasteiger partial charge in [-0.05, 0) is 37.6 Å². The van der Waals surface area contributed by atoms with Gasteiger partial charge in [-0.2, -0.15) is 0 Å². The summed E-state index contributed by atoms with van der Waals surface area (Å²) in [6.45, 7) is 5.86. The summed E-state index contributed by atoms with van der Waals surface area (Å²) >= 11 is 0. The number of ether oxygens (including phenoxy) is 2. The molecule has 2 rings (SSSR count). The summed E-state index contributed by atoms with van der Waals surface area (Å²) < 4.78 is 10.6. The van der Waals surface area contributed by atoms with Crippen molar-refractivity contribution >= 4 is 0 Å². The molecule has 0 amide bonds. The van der Waals surface area contributed by atoms with Crippen LogP contribution < -0.4 is 5.32 Å². The molecule has 3 heteroatoms. The first-order chi connectivity index (χ1) is 7.34. The minimum absolute atomic E-state index is 0.373. The Morgan fingerprint density at radius 3 is 2.80 bits per heavy atom. The Morgan fingerprint density at radius 2 is 2.13 bits per heavy atom. The summed E-state index contributed by atoms with van der Waals surface area (Å²) in [6.07, 6.45) is 5.64. The molecule has 1 heterocycles. The van der Waals surface area contributed by atoms with Crippen molar-refractivity contribution in [3.05, 3.63) is 0 Å². The van der Waals surface area contributed by atoms with Gasteiger partial charge < -0.3 is 14.8 Å². The molecule has 0 radical (unpaired) electrons. The molecule has 1 N–H and O–H groups in total. The van der Waals surface area contributed by atoms with Gasteiger partial charge in [0.05, 0.1) is 12.7 Å². The van der Waals surface area contributed by atoms with Crippen LogP contribution in [0.1, 0.15) is 32.6 Å². The Morgan fingerprint density at radius 1 is 1.20 bits per heavy atom. The number of nitrogens with one attached hydrogen (secondary N) is 1. The average molecular weight is 213 g/mol. The molecule has 1 aliphatic carbocycles. The zero-order valence-electron chi connectivity index (χ0n) is 9.71. The van der Waals surface area contributed by atoms with E-state index in [-0.39, 0.29) is 0 Å². The highest BCUT2D eigenvalue weighted by molar-refractivity contribution is 4.75. The van der Waals surface area contributed by atoms with E-state index in [4.69, 9.17) is 9.47 Å². The van der Waals surface area contributed by atoms with E-state index in [0.29, 0.717) is 12.9 Å². The van der Waals surface area contributed by atoms with Gasteiger partial charge in [0.1, 0.15) is 6.79 Å².